The van der Waals surface area contributed by atoms with E-state index in [9.17, 15) is 0 Å². The Bertz CT molecular complexity index is 788. The molecule has 20 heavy (non-hydrogen) atoms. The van der Waals surface area contributed by atoms with Crippen LogP contribution in [-0.2, 0) is 6.42 Å². The average Bonchev–Trinajstić information content (AvgIpc) is 3.09. The van der Waals surface area contributed by atoms with Gasteiger partial charge in [0.25, 0.3) is 5.89 Å². The van der Waals surface area contributed by atoms with Crippen molar-refractivity contribution in [1.29, 1.82) is 5.26 Å². The standard InChI is InChI=1S/C14H8BrN3OS/c15-11-4-2-1-3-9(11)7-12-17-14(19-18-12)13-10(8-16)5-6-20-13/h1-6H,7H2. The summed E-state index contributed by atoms with van der Waals surface area (Å²) in [7, 11) is 0. The van der Waals surface area contributed by atoms with Gasteiger partial charge >= 0.3 is 0 Å². The first kappa shape index (κ1) is 13.0. The predicted molar refractivity (Wildman–Crippen MR) is 79.3 cm³/mol. The molecule has 0 aliphatic heterocycles. The number of hydrogen-bond donors (Lipinski definition) is 0. The maximum atomic E-state index is 9.01. The van der Waals surface area contributed by atoms with Gasteiger partial charge in [-0.25, -0.2) is 0 Å². The Kier molecular flexibility index (Phi) is 3.63. The van der Waals surface area contributed by atoms with Crippen molar-refractivity contribution in [2.24, 2.45) is 0 Å². The van der Waals surface area contributed by atoms with Gasteiger partial charge in [-0.15, -0.1) is 11.3 Å². The zero-order valence-corrected chi connectivity index (χ0v) is 12.6. The average molecular weight is 346 g/mol. The Labute approximate surface area is 127 Å². The van der Waals surface area contributed by atoms with Crippen LogP contribution in [0.25, 0.3) is 10.8 Å². The van der Waals surface area contributed by atoms with Crippen molar-refractivity contribution < 1.29 is 4.52 Å². The molecule has 0 unspecified atom stereocenters. The highest BCUT2D eigenvalue weighted by Gasteiger charge is 2.15. The second-order valence-corrected chi connectivity index (χ2v) is 5.83. The van der Waals surface area contributed by atoms with E-state index in [4.69, 9.17) is 9.78 Å². The molecule has 0 saturated heterocycles. The van der Waals surface area contributed by atoms with Crippen LogP contribution in [0.5, 0.6) is 0 Å². The monoisotopic (exact) mass is 345 g/mol. The number of aromatic nitrogens is 2. The molecule has 0 saturated carbocycles. The number of nitrogens with zero attached hydrogens (tertiary/aromatic N) is 3. The summed E-state index contributed by atoms with van der Waals surface area (Å²) in [6.45, 7) is 0. The van der Waals surface area contributed by atoms with E-state index in [1.165, 1.54) is 11.3 Å². The van der Waals surface area contributed by atoms with Gasteiger partial charge in [-0.3, -0.25) is 0 Å². The molecule has 0 atom stereocenters. The first-order chi connectivity index (χ1) is 9.78. The SMILES string of the molecule is N#Cc1ccsc1-c1nc(Cc2ccccc2Br)no1. The maximum absolute atomic E-state index is 9.01. The topological polar surface area (TPSA) is 62.7 Å². The largest absolute Gasteiger partial charge is 0.333 e. The highest BCUT2D eigenvalue weighted by Crippen LogP contribution is 2.28. The Hall–Kier alpha value is -1.97. The fourth-order valence-corrected chi connectivity index (χ4v) is 2.98. The van der Waals surface area contributed by atoms with Crippen LogP contribution < -0.4 is 0 Å². The van der Waals surface area contributed by atoms with Crippen molar-refractivity contribution >= 4 is 27.3 Å². The van der Waals surface area contributed by atoms with E-state index in [0.717, 1.165) is 14.9 Å². The number of halogens is 1. The highest BCUT2D eigenvalue weighted by atomic mass is 79.9. The second-order valence-electron chi connectivity index (χ2n) is 4.06. The maximum Gasteiger partial charge on any atom is 0.269 e. The molecular weight excluding hydrogens is 338 g/mol. The zero-order valence-electron chi connectivity index (χ0n) is 10.2. The summed E-state index contributed by atoms with van der Waals surface area (Å²) in [5.41, 5.74) is 1.65. The zero-order chi connectivity index (χ0) is 13.9. The van der Waals surface area contributed by atoms with E-state index in [1.807, 2.05) is 29.6 Å². The summed E-state index contributed by atoms with van der Waals surface area (Å²) in [5, 5.41) is 14.8. The molecular formula is C14H8BrN3OS. The molecule has 3 aromatic rings. The quantitative estimate of drug-likeness (QED) is 0.718. The fourth-order valence-electron chi connectivity index (χ4n) is 1.79. The van der Waals surface area contributed by atoms with Gasteiger partial charge in [0, 0.05) is 10.9 Å². The minimum atomic E-state index is 0.401. The van der Waals surface area contributed by atoms with Gasteiger partial charge < -0.3 is 4.52 Å². The molecule has 6 heteroatoms. The van der Waals surface area contributed by atoms with Gasteiger partial charge in [-0.1, -0.05) is 39.3 Å². The Morgan fingerprint density at radius 1 is 1.30 bits per heavy atom. The van der Waals surface area contributed by atoms with Gasteiger partial charge in [-0.05, 0) is 23.1 Å². The summed E-state index contributed by atoms with van der Waals surface area (Å²) in [6.07, 6.45) is 0.582. The Balaban J connectivity index is 1.88. The molecule has 1 aromatic carbocycles. The lowest BCUT2D eigenvalue weighted by atomic mass is 10.1. The predicted octanol–water partition coefficient (Wildman–Crippen LogP) is 4.02. The minimum Gasteiger partial charge on any atom is -0.333 e. The van der Waals surface area contributed by atoms with Crippen molar-refractivity contribution in [2.75, 3.05) is 0 Å². The lowest BCUT2D eigenvalue weighted by Crippen LogP contribution is -1.91. The van der Waals surface area contributed by atoms with Crippen LogP contribution in [0.2, 0.25) is 0 Å². The summed E-state index contributed by atoms with van der Waals surface area (Å²) < 4.78 is 6.26. The Morgan fingerprint density at radius 2 is 2.15 bits per heavy atom. The van der Waals surface area contributed by atoms with Gasteiger partial charge in [0.2, 0.25) is 0 Å². The smallest absolute Gasteiger partial charge is 0.269 e. The number of benzene rings is 1. The molecule has 0 fully saturated rings. The summed E-state index contributed by atoms with van der Waals surface area (Å²) in [6, 6.07) is 11.8. The van der Waals surface area contributed by atoms with Crippen LogP contribution >= 0.6 is 27.3 Å². The number of hydrogen-bond acceptors (Lipinski definition) is 5. The number of rotatable bonds is 3. The van der Waals surface area contributed by atoms with Crippen molar-refractivity contribution in [3.63, 3.8) is 0 Å². The summed E-state index contributed by atoms with van der Waals surface area (Å²) in [4.78, 5) is 5.08. The fraction of sp³-hybridized carbons (Fsp3) is 0.0714. The molecule has 2 aromatic heterocycles. The summed E-state index contributed by atoms with van der Waals surface area (Å²) in [5.74, 6) is 1.00. The van der Waals surface area contributed by atoms with E-state index in [1.54, 1.807) is 6.07 Å². The van der Waals surface area contributed by atoms with Crippen LogP contribution in [0.3, 0.4) is 0 Å². The van der Waals surface area contributed by atoms with E-state index in [2.05, 4.69) is 32.1 Å². The van der Waals surface area contributed by atoms with Crippen LogP contribution in [0.1, 0.15) is 17.0 Å². The highest BCUT2D eigenvalue weighted by molar-refractivity contribution is 9.10. The van der Waals surface area contributed by atoms with Crippen molar-refractivity contribution in [3.05, 3.63) is 57.1 Å². The van der Waals surface area contributed by atoms with Gasteiger partial charge in [-0.2, -0.15) is 10.2 Å². The molecule has 0 aliphatic rings. The van der Waals surface area contributed by atoms with Crippen LogP contribution in [0.15, 0.2) is 44.7 Å². The van der Waals surface area contributed by atoms with Gasteiger partial charge in [0.15, 0.2) is 5.82 Å². The third kappa shape index (κ3) is 2.50. The van der Waals surface area contributed by atoms with E-state index >= 15 is 0 Å². The third-order valence-corrected chi connectivity index (χ3v) is 4.43. The molecule has 0 radical (unpaired) electrons. The molecule has 98 valence electrons. The van der Waals surface area contributed by atoms with Crippen LogP contribution in [-0.4, -0.2) is 10.1 Å². The van der Waals surface area contributed by atoms with Crippen LogP contribution in [0, 0.1) is 11.3 Å². The third-order valence-electron chi connectivity index (χ3n) is 2.75. The number of thiophene rings is 1. The molecule has 0 aliphatic carbocycles. The van der Waals surface area contributed by atoms with Crippen LogP contribution in [0.4, 0.5) is 0 Å². The lowest BCUT2D eigenvalue weighted by Gasteiger charge is -1.99. The van der Waals surface area contributed by atoms with E-state index < -0.39 is 0 Å². The molecule has 0 spiro atoms. The molecule has 4 nitrogen and oxygen atoms in total. The first-order valence-electron chi connectivity index (χ1n) is 5.82. The van der Waals surface area contributed by atoms with Crippen molar-refractivity contribution in [1.82, 2.24) is 10.1 Å². The molecule has 0 amide bonds. The van der Waals surface area contributed by atoms with Gasteiger partial charge in [0.1, 0.15) is 10.9 Å². The second kappa shape index (κ2) is 5.57. The van der Waals surface area contributed by atoms with E-state index in [0.29, 0.717) is 23.7 Å². The first-order valence-corrected chi connectivity index (χ1v) is 7.49. The molecule has 0 bridgehead atoms. The minimum absolute atomic E-state index is 0.401. The normalized spacial score (nSPS) is 10.4. The molecule has 3 rings (SSSR count). The molecule has 0 N–H and O–H groups in total. The van der Waals surface area contributed by atoms with Crippen molar-refractivity contribution in [2.45, 2.75) is 6.42 Å². The van der Waals surface area contributed by atoms with Crippen molar-refractivity contribution in [3.8, 4) is 16.8 Å². The molecule has 2 heterocycles. The van der Waals surface area contributed by atoms with E-state index in [-0.39, 0.29) is 0 Å². The summed E-state index contributed by atoms with van der Waals surface area (Å²) >= 11 is 4.92. The number of nitriles is 1. The van der Waals surface area contributed by atoms with Gasteiger partial charge in [0.05, 0.1) is 5.56 Å². The lowest BCUT2D eigenvalue weighted by molar-refractivity contribution is 0.424. The Morgan fingerprint density at radius 3 is 2.95 bits per heavy atom.